The van der Waals surface area contributed by atoms with Crippen molar-refractivity contribution in [3.8, 4) is 0 Å². The van der Waals surface area contributed by atoms with Crippen LogP contribution in [0.1, 0.15) is 68.9 Å². The first-order chi connectivity index (χ1) is 16.1. The van der Waals surface area contributed by atoms with Gasteiger partial charge in [-0.2, -0.15) is 0 Å². The molecule has 1 aliphatic carbocycles. The number of carbonyl (C=O) groups is 3. The van der Waals surface area contributed by atoms with Gasteiger partial charge >= 0.3 is 5.97 Å². The van der Waals surface area contributed by atoms with E-state index in [4.69, 9.17) is 4.74 Å². The van der Waals surface area contributed by atoms with Gasteiger partial charge in [0, 0.05) is 29.2 Å². The first-order valence-corrected chi connectivity index (χ1v) is 11.3. The van der Waals surface area contributed by atoms with Crippen LogP contribution < -0.4 is 5.32 Å². The molecule has 1 aromatic heterocycles. The number of amides is 2. The molecule has 1 aliphatic heterocycles. The van der Waals surface area contributed by atoms with Crippen molar-refractivity contribution in [2.45, 2.75) is 44.7 Å². The molecule has 0 atom stereocenters. The lowest BCUT2D eigenvalue weighted by atomic mass is 9.94. The van der Waals surface area contributed by atoms with Crippen molar-refractivity contribution in [2.75, 3.05) is 12.4 Å². The first kappa shape index (κ1) is 21.1. The van der Waals surface area contributed by atoms with Crippen LogP contribution >= 0.6 is 0 Å². The number of nitrogens with one attached hydrogen (secondary N) is 1. The predicted molar refractivity (Wildman–Crippen MR) is 124 cm³/mol. The van der Waals surface area contributed by atoms with Crippen molar-refractivity contribution >= 4 is 34.4 Å². The number of esters is 1. The van der Waals surface area contributed by atoms with Crippen molar-refractivity contribution in [3.05, 3.63) is 70.9 Å². The second kappa shape index (κ2) is 8.65. The molecule has 168 valence electrons. The molecule has 2 amide bonds. The van der Waals surface area contributed by atoms with Crippen LogP contribution in [0, 0.1) is 0 Å². The summed E-state index contributed by atoms with van der Waals surface area (Å²) in [5, 5.41) is 3.65. The van der Waals surface area contributed by atoms with E-state index in [-0.39, 0.29) is 17.9 Å². The van der Waals surface area contributed by atoms with Crippen LogP contribution in [0.15, 0.2) is 48.5 Å². The largest absolute Gasteiger partial charge is 0.465 e. The van der Waals surface area contributed by atoms with Gasteiger partial charge in [0.05, 0.1) is 23.8 Å². The lowest BCUT2D eigenvalue weighted by Crippen LogP contribution is -2.37. The maximum atomic E-state index is 13.5. The smallest absolute Gasteiger partial charge is 0.337 e. The zero-order valence-electron chi connectivity index (χ0n) is 18.5. The summed E-state index contributed by atoms with van der Waals surface area (Å²) >= 11 is 0. The van der Waals surface area contributed by atoms with Crippen molar-refractivity contribution in [1.82, 2.24) is 9.88 Å². The molecule has 7 heteroatoms. The molecule has 2 aromatic carbocycles. The molecule has 1 saturated carbocycles. The zero-order chi connectivity index (χ0) is 22.9. The number of para-hydroxylation sites is 1. The van der Waals surface area contributed by atoms with E-state index in [0.29, 0.717) is 40.1 Å². The molecule has 33 heavy (non-hydrogen) atoms. The molecular weight excluding hydrogens is 418 g/mol. The molecule has 1 N–H and O–H groups in total. The second-order valence-corrected chi connectivity index (χ2v) is 8.58. The van der Waals surface area contributed by atoms with Gasteiger partial charge in [-0.15, -0.1) is 0 Å². The number of anilines is 1. The van der Waals surface area contributed by atoms with Gasteiger partial charge in [0.1, 0.15) is 5.69 Å². The van der Waals surface area contributed by atoms with Crippen LogP contribution in [0.3, 0.4) is 0 Å². The van der Waals surface area contributed by atoms with Crippen LogP contribution in [0.5, 0.6) is 0 Å². The molecule has 3 aromatic rings. The normalized spacial score (nSPS) is 16.0. The van der Waals surface area contributed by atoms with Crippen LogP contribution in [0.4, 0.5) is 5.69 Å². The van der Waals surface area contributed by atoms with Crippen molar-refractivity contribution < 1.29 is 19.1 Å². The van der Waals surface area contributed by atoms with Gasteiger partial charge in [0.25, 0.3) is 11.8 Å². The minimum atomic E-state index is -0.438. The summed E-state index contributed by atoms with van der Waals surface area (Å²) in [4.78, 5) is 45.0. The average molecular weight is 444 g/mol. The Bertz CT molecular complexity index is 1250. The highest BCUT2D eigenvalue weighted by molar-refractivity contribution is 6.16. The van der Waals surface area contributed by atoms with Gasteiger partial charge in [-0.05, 0) is 43.2 Å². The number of pyridine rings is 1. The molecule has 1 fully saturated rings. The van der Waals surface area contributed by atoms with E-state index in [1.807, 2.05) is 29.2 Å². The summed E-state index contributed by atoms with van der Waals surface area (Å²) in [5.74, 6) is -0.819. The minimum absolute atomic E-state index is 0.0841. The maximum Gasteiger partial charge on any atom is 0.337 e. The fourth-order valence-corrected chi connectivity index (χ4v) is 4.91. The highest BCUT2D eigenvalue weighted by Gasteiger charge is 2.38. The molecule has 5 rings (SSSR count). The third kappa shape index (κ3) is 3.84. The molecule has 2 aliphatic rings. The van der Waals surface area contributed by atoms with Gasteiger partial charge in [0.2, 0.25) is 0 Å². The van der Waals surface area contributed by atoms with Gasteiger partial charge in [-0.3, -0.25) is 9.59 Å². The summed E-state index contributed by atoms with van der Waals surface area (Å²) in [6.07, 6.45) is 5.43. The fourth-order valence-electron chi connectivity index (χ4n) is 4.91. The van der Waals surface area contributed by atoms with Crippen LogP contribution in [0.25, 0.3) is 10.9 Å². The van der Waals surface area contributed by atoms with E-state index in [1.165, 1.54) is 13.5 Å². The number of hydrogen-bond donors (Lipinski definition) is 1. The highest BCUT2D eigenvalue weighted by atomic mass is 16.5. The summed E-state index contributed by atoms with van der Waals surface area (Å²) < 4.78 is 4.73. The Balaban J connectivity index is 1.51. The van der Waals surface area contributed by atoms with E-state index in [1.54, 1.807) is 24.3 Å². The topological polar surface area (TPSA) is 88.6 Å². The van der Waals surface area contributed by atoms with E-state index >= 15 is 0 Å². The number of carbonyl (C=O) groups excluding carboxylic acids is 3. The summed E-state index contributed by atoms with van der Waals surface area (Å²) in [5.41, 5.74) is 3.13. The third-order valence-electron chi connectivity index (χ3n) is 6.59. The summed E-state index contributed by atoms with van der Waals surface area (Å²) in [6, 6.07) is 14.1. The number of ether oxygens (including phenoxy) is 1. The van der Waals surface area contributed by atoms with Crippen LogP contribution in [0.2, 0.25) is 0 Å². The molecular formula is C26H25N3O4. The molecule has 2 heterocycles. The van der Waals surface area contributed by atoms with Crippen LogP contribution in [-0.4, -0.2) is 40.8 Å². The van der Waals surface area contributed by atoms with Gasteiger partial charge < -0.3 is 15.0 Å². The van der Waals surface area contributed by atoms with E-state index in [9.17, 15) is 14.4 Å². The molecule has 0 unspecified atom stereocenters. The Morgan fingerprint density at radius 2 is 1.76 bits per heavy atom. The van der Waals surface area contributed by atoms with Crippen molar-refractivity contribution in [1.29, 1.82) is 0 Å². The van der Waals surface area contributed by atoms with Gasteiger partial charge in [-0.25, -0.2) is 9.78 Å². The molecule has 0 bridgehead atoms. The maximum absolute atomic E-state index is 13.5. The quantitative estimate of drug-likeness (QED) is 0.597. The van der Waals surface area contributed by atoms with Crippen molar-refractivity contribution in [2.24, 2.45) is 0 Å². The average Bonchev–Trinajstić information content (AvgIpc) is 3.18. The Labute approximate surface area is 191 Å². The SMILES string of the molecule is COC(=O)c1ccc(NC(=O)c2c3c(nc4ccccc24)C(=O)N(C2CCCCC2)C3)cc1. The third-order valence-corrected chi connectivity index (χ3v) is 6.59. The zero-order valence-corrected chi connectivity index (χ0v) is 18.5. The Morgan fingerprint density at radius 3 is 2.48 bits per heavy atom. The standard InChI is InChI=1S/C26H25N3O4/c1-33-26(32)16-11-13-17(14-12-16)27-24(30)22-19-9-5-6-10-21(19)28-23-20(22)15-29(25(23)31)18-7-3-2-4-8-18/h5-6,9-14,18H,2-4,7-8,15H2,1H3,(H,27,30). The number of hydrogen-bond acceptors (Lipinski definition) is 5. The number of nitrogens with zero attached hydrogens (tertiary/aromatic N) is 2. The number of fused-ring (bicyclic) bond motifs is 2. The van der Waals surface area contributed by atoms with Gasteiger partial charge in [-0.1, -0.05) is 37.5 Å². The predicted octanol–water partition coefficient (Wildman–Crippen LogP) is 4.56. The van der Waals surface area contributed by atoms with E-state index in [2.05, 4.69) is 10.3 Å². The number of methoxy groups -OCH3 is 1. The number of aromatic nitrogens is 1. The summed E-state index contributed by atoms with van der Waals surface area (Å²) in [6.45, 7) is 0.403. The number of benzene rings is 2. The Kier molecular flexibility index (Phi) is 5.54. The van der Waals surface area contributed by atoms with Crippen molar-refractivity contribution in [3.63, 3.8) is 0 Å². The lowest BCUT2D eigenvalue weighted by Gasteiger charge is -2.30. The second-order valence-electron chi connectivity index (χ2n) is 8.58. The van der Waals surface area contributed by atoms with E-state index < -0.39 is 5.97 Å². The monoisotopic (exact) mass is 443 g/mol. The lowest BCUT2D eigenvalue weighted by molar-refractivity contribution is 0.0599. The van der Waals surface area contributed by atoms with E-state index in [0.717, 1.165) is 31.1 Å². The first-order valence-electron chi connectivity index (χ1n) is 11.3. The fraction of sp³-hybridized carbons (Fsp3) is 0.308. The minimum Gasteiger partial charge on any atom is -0.465 e. The molecule has 0 spiro atoms. The Morgan fingerprint density at radius 1 is 1.03 bits per heavy atom. The molecule has 0 radical (unpaired) electrons. The Hall–Kier alpha value is -3.74. The molecule has 7 nitrogen and oxygen atoms in total. The molecule has 0 saturated heterocycles. The van der Waals surface area contributed by atoms with Crippen LogP contribution in [-0.2, 0) is 11.3 Å². The van der Waals surface area contributed by atoms with Gasteiger partial charge in [0.15, 0.2) is 0 Å². The summed E-state index contributed by atoms with van der Waals surface area (Å²) in [7, 11) is 1.32. The number of rotatable bonds is 4. The highest BCUT2D eigenvalue weighted by Crippen LogP contribution is 2.35.